The molecule has 2 N–H and O–H groups in total. The predicted molar refractivity (Wildman–Crippen MR) is 110 cm³/mol. The second-order valence-corrected chi connectivity index (χ2v) is 7.29. The van der Waals surface area contributed by atoms with E-state index in [1.807, 2.05) is 13.0 Å². The van der Waals surface area contributed by atoms with Crippen molar-refractivity contribution in [2.75, 3.05) is 0 Å². The van der Waals surface area contributed by atoms with Crippen LogP contribution in [0.2, 0.25) is 0 Å². The molecular weight excluding hydrogens is 374 g/mol. The van der Waals surface area contributed by atoms with Crippen LogP contribution in [0.5, 0.6) is 5.75 Å². The molecule has 0 saturated carbocycles. The topological polar surface area (TPSA) is 106 Å². The fraction of sp³-hybridized carbons (Fsp3) is 0.500. The number of ether oxygens (including phenoxy) is 1. The molecule has 1 aromatic carbocycles. The fourth-order valence-corrected chi connectivity index (χ4v) is 3.12. The second kappa shape index (κ2) is 10.1. The molecule has 0 radical (unpaired) electrons. The van der Waals surface area contributed by atoms with Crippen molar-refractivity contribution in [2.24, 2.45) is 0 Å². The number of aryl methyl sites for hydroxylation is 1. The number of fused-ring (bicyclic) bond motifs is 1. The number of rotatable bonds is 10. The number of unbranched alkanes of at least 4 members (excludes halogenated alkanes) is 3. The average Bonchev–Trinajstić information content (AvgIpc) is 2.66. The largest absolute Gasteiger partial charge is 0.481 e. The Morgan fingerprint density at radius 1 is 1.21 bits per heavy atom. The van der Waals surface area contributed by atoms with E-state index in [4.69, 9.17) is 14.3 Å². The van der Waals surface area contributed by atoms with Gasteiger partial charge in [-0.1, -0.05) is 26.2 Å². The SMILES string of the molecule is CCCCCCc1c(C)c2ccc(OC(C)C(=O)N[C@@H](C)C(=O)O)cc2oc1=O. The van der Waals surface area contributed by atoms with Crippen LogP contribution in [0.25, 0.3) is 11.0 Å². The van der Waals surface area contributed by atoms with E-state index in [2.05, 4.69) is 12.2 Å². The minimum absolute atomic E-state index is 0.343. The number of benzene rings is 1. The van der Waals surface area contributed by atoms with E-state index in [-0.39, 0.29) is 5.63 Å². The van der Waals surface area contributed by atoms with Crippen molar-refractivity contribution in [1.29, 1.82) is 0 Å². The lowest BCUT2D eigenvalue weighted by molar-refractivity contribution is -0.142. The summed E-state index contributed by atoms with van der Waals surface area (Å²) in [5, 5.41) is 12.1. The van der Waals surface area contributed by atoms with Gasteiger partial charge in [-0.2, -0.15) is 0 Å². The maximum Gasteiger partial charge on any atom is 0.339 e. The van der Waals surface area contributed by atoms with Gasteiger partial charge in [0.05, 0.1) is 0 Å². The number of carboxylic acids is 1. The number of carbonyl (C=O) groups is 2. The molecule has 0 fully saturated rings. The minimum Gasteiger partial charge on any atom is -0.481 e. The smallest absolute Gasteiger partial charge is 0.339 e. The van der Waals surface area contributed by atoms with E-state index in [9.17, 15) is 14.4 Å². The Morgan fingerprint density at radius 3 is 2.59 bits per heavy atom. The van der Waals surface area contributed by atoms with Crippen LogP contribution in [-0.2, 0) is 16.0 Å². The lowest BCUT2D eigenvalue weighted by atomic mass is 10.0. The monoisotopic (exact) mass is 403 g/mol. The summed E-state index contributed by atoms with van der Waals surface area (Å²) >= 11 is 0. The maximum atomic E-state index is 12.4. The summed E-state index contributed by atoms with van der Waals surface area (Å²) in [6.07, 6.45) is 4.12. The van der Waals surface area contributed by atoms with Crippen LogP contribution in [0.15, 0.2) is 27.4 Å². The first-order chi connectivity index (χ1) is 13.7. The molecule has 0 aliphatic heterocycles. The lowest BCUT2D eigenvalue weighted by Gasteiger charge is -2.17. The van der Waals surface area contributed by atoms with Crippen LogP contribution in [-0.4, -0.2) is 29.1 Å². The van der Waals surface area contributed by atoms with Crippen molar-refractivity contribution in [3.63, 3.8) is 0 Å². The predicted octanol–water partition coefficient (Wildman–Crippen LogP) is 3.58. The number of amides is 1. The Hall–Kier alpha value is -2.83. The van der Waals surface area contributed by atoms with Gasteiger partial charge in [-0.15, -0.1) is 0 Å². The molecule has 2 aromatic rings. The van der Waals surface area contributed by atoms with Crippen molar-refractivity contribution in [2.45, 2.75) is 71.9 Å². The van der Waals surface area contributed by atoms with Crippen LogP contribution in [0, 0.1) is 6.92 Å². The maximum absolute atomic E-state index is 12.4. The first kappa shape index (κ1) is 22.5. The first-order valence-corrected chi connectivity index (χ1v) is 10.0. The molecule has 0 aliphatic carbocycles. The van der Waals surface area contributed by atoms with Gasteiger partial charge in [0.15, 0.2) is 6.10 Å². The van der Waals surface area contributed by atoms with Crippen molar-refractivity contribution in [3.8, 4) is 5.75 Å². The molecule has 0 saturated heterocycles. The van der Waals surface area contributed by atoms with Gasteiger partial charge in [-0.3, -0.25) is 9.59 Å². The third-order valence-corrected chi connectivity index (χ3v) is 4.95. The molecule has 1 amide bonds. The second-order valence-electron chi connectivity index (χ2n) is 7.29. The number of carboxylic acid groups (broad SMARTS) is 1. The first-order valence-electron chi connectivity index (χ1n) is 10.0. The highest BCUT2D eigenvalue weighted by atomic mass is 16.5. The Labute approximate surface area is 170 Å². The number of aliphatic carboxylic acids is 1. The standard InChI is InChI=1S/C22H29NO6/c1-5-6-7-8-9-18-13(2)17-11-10-16(12-19(17)29-22(18)27)28-15(4)20(24)23-14(3)21(25)26/h10-12,14-15H,5-9H2,1-4H3,(H,23,24)(H,25,26)/t14-,15?/m0/s1. The van der Waals surface area contributed by atoms with Crippen molar-refractivity contribution in [1.82, 2.24) is 5.32 Å². The Kier molecular flexibility index (Phi) is 7.82. The summed E-state index contributed by atoms with van der Waals surface area (Å²) in [4.78, 5) is 35.3. The molecule has 7 nitrogen and oxygen atoms in total. The normalized spacial score (nSPS) is 13.1. The third-order valence-electron chi connectivity index (χ3n) is 4.95. The molecule has 1 heterocycles. The summed E-state index contributed by atoms with van der Waals surface area (Å²) in [6.45, 7) is 6.96. The highest BCUT2D eigenvalue weighted by Crippen LogP contribution is 2.25. The molecule has 0 aliphatic rings. The van der Waals surface area contributed by atoms with Crippen LogP contribution in [0.1, 0.15) is 57.6 Å². The van der Waals surface area contributed by atoms with E-state index in [1.54, 1.807) is 12.1 Å². The average molecular weight is 403 g/mol. The van der Waals surface area contributed by atoms with E-state index < -0.39 is 24.0 Å². The van der Waals surface area contributed by atoms with Gasteiger partial charge in [-0.05, 0) is 51.3 Å². The zero-order valence-corrected chi connectivity index (χ0v) is 17.4. The molecule has 29 heavy (non-hydrogen) atoms. The highest BCUT2D eigenvalue weighted by molar-refractivity contribution is 5.86. The third kappa shape index (κ3) is 5.82. The highest BCUT2D eigenvalue weighted by Gasteiger charge is 2.20. The van der Waals surface area contributed by atoms with Crippen LogP contribution in [0.3, 0.4) is 0 Å². The number of hydrogen-bond donors (Lipinski definition) is 2. The van der Waals surface area contributed by atoms with Gasteiger partial charge in [0.25, 0.3) is 5.91 Å². The zero-order valence-electron chi connectivity index (χ0n) is 17.4. The summed E-state index contributed by atoms with van der Waals surface area (Å²) in [5.74, 6) is -1.31. The van der Waals surface area contributed by atoms with Crippen LogP contribution < -0.4 is 15.7 Å². The number of hydrogen-bond acceptors (Lipinski definition) is 5. The molecule has 0 bridgehead atoms. The molecule has 2 atom stereocenters. The molecule has 7 heteroatoms. The number of carbonyl (C=O) groups excluding carboxylic acids is 1. The molecule has 1 unspecified atom stereocenters. The van der Waals surface area contributed by atoms with E-state index in [0.717, 1.165) is 36.6 Å². The van der Waals surface area contributed by atoms with Crippen LogP contribution >= 0.6 is 0 Å². The summed E-state index contributed by atoms with van der Waals surface area (Å²) in [6, 6.07) is 4.08. The quantitative estimate of drug-likeness (QED) is 0.464. The minimum atomic E-state index is -1.13. The number of nitrogens with one attached hydrogen (secondary N) is 1. The molecule has 0 spiro atoms. The lowest BCUT2D eigenvalue weighted by Crippen LogP contribution is -2.44. The van der Waals surface area contributed by atoms with Crippen molar-refractivity contribution in [3.05, 3.63) is 39.7 Å². The Morgan fingerprint density at radius 2 is 1.93 bits per heavy atom. The fourth-order valence-electron chi connectivity index (χ4n) is 3.12. The molecule has 158 valence electrons. The summed E-state index contributed by atoms with van der Waals surface area (Å²) in [5.41, 5.74) is 1.66. The van der Waals surface area contributed by atoms with Crippen LogP contribution in [0.4, 0.5) is 0 Å². The van der Waals surface area contributed by atoms with E-state index in [1.165, 1.54) is 13.8 Å². The molecule has 1 aromatic heterocycles. The van der Waals surface area contributed by atoms with Gasteiger partial charge in [-0.25, -0.2) is 4.79 Å². The Bertz CT molecular complexity index is 933. The zero-order chi connectivity index (χ0) is 21.6. The van der Waals surface area contributed by atoms with E-state index in [0.29, 0.717) is 23.3 Å². The Balaban J connectivity index is 2.16. The summed E-state index contributed by atoms with van der Waals surface area (Å²) in [7, 11) is 0. The molecular formula is C22H29NO6. The van der Waals surface area contributed by atoms with Gasteiger partial charge < -0.3 is 19.6 Å². The summed E-state index contributed by atoms with van der Waals surface area (Å²) < 4.78 is 11.1. The van der Waals surface area contributed by atoms with Crippen molar-refractivity contribution >= 4 is 22.8 Å². The van der Waals surface area contributed by atoms with Gasteiger partial charge in [0, 0.05) is 17.0 Å². The van der Waals surface area contributed by atoms with E-state index >= 15 is 0 Å². The van der Waals surface area contributed by atoms with Gasteiger partial charge in [0.2, 0.25) is 0 Å². The molecule has 2 rings (SSSR count). The van der Waals surface area contributed by atoms with Gasteiger partial charge >= 0.3 is 11.6 Å². The van der Waals surface area contributed by atoms with Crippen molar-refractivity contribution < 1.29 is 23.8 Å². The van der Waals surface area contributed by atoms with Gasteiger partial charge in [0.1, 0.15) is 17.4 Å².